The molecule has 5 heteroatoms. The molecule has 1 aromatic heterocycles. The molecule has 0 saturated carbocycles. The standard InChI is InChI=1S/C13H11BrFNO2/c1-8(12-3-2-6-18-12)16-13(17)9-4-5-10(14)11(15)7-9/h2-8H,1H3,(H,16,17). The quantitative estimate of drug-likeness (QED) is 0.939. The Balaban J connectivity index is 2.10. The van der Waals surface area contributed by atoms with Crippen LogP contribution in [0.2, 0.25) is 0 Å². The number of nitrogens with one attached hydrogen (secondary N) is 1. The van der Waals surface area contributed by atoms with Crippen molar-refractivity contribution in [3.8, 4) is 0 Å². The highest BCUT2D eigenvalue weighted by Gasteiger charge is 2.14. The molecule has 0 radical (unpaired) electrons. The molecule has 1 N–H and O–H groups in total. The zero-order valence-electron chi connectivity index (χ0n) is 9.61. The lowest BCUT2D eigenvalue weighted by molar-refractivity contribution is 0.0935. The molecule has 1 heterocycles. The summed E-state index contributed by atoms with van der Waals surface area (Å²) in [5.74, 6) is -0.153. The minimum absolute atomic E-state index is 0.265. The Hall–Kier alpha value is -1.62. The second-order valence-electron chi connectivity index (χ2n) is 3.84. The molecule has 2 aromatic rings. The van der Waals surface area contributed by atoms with E-state index < -0.39 is 5.82 Å². The number of halogens is 2. The van der Waals surface area contributed by atoms with Crippen molar-refractivity contribution in [3.63, 3.8) is 0 Å². The zero-order chi connectivity index (χ0) is 13.1. The van der Waals surface area contributed by atoms with E-state index in [0.29, 0.717) is 10.2 Å². The number of benzene rings is 1. The smallest absolute Gasteiger partial charge is 0.251 e. The Morgan fingerprint density at radius 1 is 1.44 bits per heavy atom. The van der Waals surface area contributed by atoms with Crippen molar-refractivity contribution in [2.24, 2.45) is 0 Å². The third-order valence-corrected chi connectivity index (χ3v) is 3.14. The van der Waals surface area contributed by atoms with Crippen LogP contribution < -0.4 is 5.32 Å². The van der Waals surface area contributed by atoms with Crippen LogP contribution >= 0.6 is 15.9 Å². The predicted octanol–water partition coefficient (Wildman–Crippen LogP) is 3.67. The molecule has 0 fully saturated rings. The molecule has 18 heavy (non-hydrogen) atoms. The summed E-state index contributed by atoms with van der Waals surface area (Å²) in [5, 5.41) is 2.73. The minimum atomic E-state index is -0.465. The van der Waals surface area contributed by atoms with E-state index in [4.69, 9.17) is 4.42 Å². The molecule has 0 aliphatic heterocycles. The molecule has 3 nitrogen and oxygen atoms in total. The van der Waals surface area contributed by atoms with Gasteiger partial charge >= 0.3 is 0 Å². The van der Waals surface area contributed by atoms with Crippen LogP contribution in [0.5, 0.6) is 0 Å². The van der Waals surface area contributed by atoms with Crippen molar-refractivity contribution in [3.05, 3.63) is 58.2 Å². The first-order valence-corrected chi connectivity index (χ1v) is 6.16. The summed E-state index contributed by atoms with van der Waals surface area (Å²) < 4.78 is 18.8. The normalized spacial score (nSPS) is 12.2. The Labute approximate surface area is 112 Å². The number of carbonyl (C=O) groups excluding carboxylic acids is 1. The summed E-state index contributed by atoms with van der Waals surface area (Å²) in [5.41, 5.74) is 0.272. The summed E-state index contributed by atoms with van der Waals surface area (Å²) in [6.45, 7) is 1.80. The average Bonchev–Trinajstić information content (AvgIpc) is 2.86. The van der Waals surface area contributed by atoms with Crippen molar-refractivity contribution in [2.75, 3.05) is 0 Å². The van der Waals surface area contributed by atoms with Crippen molar-refractivity contribution >= 4 is 21.8 Å². The van der Waals surface area contributed by atoms with Crippen molar-refractivity contribution in [1.82, 2.24) is 5.32 Å². The van der Waals surface area contributed by atoms with E-state index in [-0.39, 0.29) is 17.5 Å². The maximum absolute atomic E-state index is 13.3. The molecule has 94 valence electrons. The third kappa shape index (κ3) is 2.79. The van der Waals surface area contributed by atoms with Gasteiger partial charge in [0.1, 0.15) is 11.6 Å². The summed E-state index contributed by atoms with van der Waals surface area (Å²) in [4.78, 5) is 11.9. The zero-order valence-corrected chi connectivity index (χ0v) is 11.2. The molecule has 1 amide bonds. The first-order chi connectivity index (χ1) is 8.58. The SMILES string of the molecule is CC(NC(=O)c1ccc(Br)c(F)c1)c1ccco1. The van der Waals surface area contributed by atoms with Crippen LogP contribution in [0.15, 0.2) is 45.5 Å². The van der Waals surface area contributed by atoms with Gasteiger partial charge in [-0.05, 0) is 53.2 Å². The second kappa shape index (κ2) is 5.35. The van der Waals surface area contributed by atoms with E-state index in [9.17, 15) is 9.18 Å². The van der Waals surface area contributed by atoms with Gasteiger partial charge in [0, 0.05) is 5.56 Å². The fraction of sp³-hybridized carbons (Fsp3) is 0.154. The molecule has 0 aliphatic rings. The Kier molecular flexibility index (Phi) is 3.81. The second-order valence-corrected chi connectivity index (χ2v) is 4.69. The monoisotopic (exact) mass is 311 g/mol. The molecular formula is C13H11BrFNO2. The van der Waals surface area contributed by atoms with Gasteiger partial charge in [0.2, 0.25) is 0 Å². The number of carbonyl (C=O) groups is 1. The third-order valence-electron chi connectivity index (χ3n) is 2.50. The predicted molar refractivity (Wildman–Crippen MR) is 68.7 cm³/mol. The molecular weight excluding hydrogens is 301 g/mol. The topological polar surface area (TPSA) is 42.2 Å². The van der Waals surface area contributed by atoms with E-state index >= 15 is 0 Å². The molecule has 0 spiro atoms. The fourth-order valence-electron chi connectivity index (χ4n) is 1.53. The van der Waals surface area contributed by atoms with Gasteiger partial charge in [-0.3, -0.25) is 4.79 Å². The van der Waals surface area contributed by atoms with E-state index in [1.807, 2.05) is 0 Å². The van der Waals surface area contributed by atoms with Crippen molar-refractivity contribution < 1.29 is 13.6 Å². The van der Waals surface area contributed by atoms with Crippen LogP contribution in [0.25, 0.3) is 0 Å². The number of furan rings is 1. The van der Waals surface area contributed by atoms with Crippen molar-refractivity contribution in [2.45, 2.75) is 13.0 Å². The molecule has 0 bridgehead atoms. The summed E-state index contributed by atoms with van der Waals surface area (Å²) in [7, 11) is 0. The van der Waals surface area contributed by atoms with E-state index in [0.717, 1.165) is 0 Å². The van der Waals surface area contributed by atoms with Crippen LogP contribution in [0.1, 0.15) is 29.1 Å². The van der Waals surface area contributed by atoms with Gasteiger partial charge in [0.05, 0.1) is 16.8 Å². The largest absolute Gasteiger partial charge is 0.467 e. The number of hydrogen-bond donors (Lipinski definition) is 1. The number of rotatable bonds is 3. The Morgan fingerprint density at radius 3 is 2.83 bits per heavy atom. The van der Waals surface area contributed by atoms with Gasteiger partial charge in [0.25, 0.3) is 5.91 Å². The number of hydrogen-bond acceptors (Lipinski definition) is 2. The first kappa shape index (κ1) is 12.8. The van der Waals surface area contributed by atoms with Gasteiger partial charge in [0.15, 0.2) is 0 Å². The van der Waals surface area contributed by atoms with Crippen molar-refractivity contribution in [1.29, 1.82) is 0 Å². The molecule has 0 saturated heterocycles. The van der Waals surface area contributed by atoms with Crippen LogP contribution in [-0.4, -0.2) is 5.91 Å². The van der Waals surface area contributed by atoms with Gasteiger partial charge in [-0.1, -0.05) is 0 Å². The molecule has 1 aromatic carbocycles. The van der Waals surface area contributed by atoms with Crippen LogP contribution in [-0.2, 0) is 0 Å². The van der Waals surface area contributed by atoms with Gasteiger partial charge in [-0.25, -0.2) is 4.39 Å². The Morgan fingerprint density at radius 2 is 2.22 bits per heavy atom. The lowest BCUT2D eigenvalue weighted by Crippen LogP contribution is -2.26. The summed E-state index contributed by atoms with van der Waals surface area (Å²) in [6.07, 6.45) is 1.54. The molecule has 0 aliphatic carbocycles. The maximum Gasteiger partial charge on any atom is 0.251 e. The number of amides is 1. The molecule has 2 rings (SSSR count). The van der Waals surface area contributed by atoms with Crippen LogP contribution in [0.3, 0.4) is 0 Å². The average molecular weight is 312 g/mol. The van der Waals surface area contributed by atoms with Gasteiger partial charge in [-0.15, -0.1) is 0 Å². The first-order valence-electron chi connectivity index (χ1n) is 5.37. The van der Waals surface area contributed by atoms with E-state index in [2.05, 4.69) is 21.2 Å². The summed E-state index contributed by atoms with van der Waals surface area (Å²) >= 11 is 3.04. The van der Waals surface area contributed by atoms with Crippen LogP contribution in [0, 0.1) is 5.82 Å². The van der Waals surface area contributed by atoms with E-state index in [1.54, 1.807) is 25.1 Å². The fourth-order valence-corrected chi connectivity index (χ4v) is 1.77. The lowest BCUT2D eigenvalue weighted by Gasteiger charge is -2.11. The lowest BCUT2D eigenvalue weighted by atomic mass is 10.2. The Bertz CT molecular complexity index is 554. The molecule has 1 unspecified atom stereocenters. The van der Waals surface area contributed by atoms with Gasteiger partial charge in [-0.2, -0.15) is 0 Å². The van der Waals surface area contributed by atoms with Gasteiger partial charge < -0.3 is 9.73 Å². The molecule has 1 atom stereocenters. The highest BCUT2D eigenvalue weighted by Crippen LogP contribution is 2.18. The highest BCUT2D eigenvalue weighted by atomic mass is 79.9. The maximum atomic E-state index is 13.3. The van der Waals surface area contributed by atoms with Crippen LogP contribution in [0.4, 0.5) is 4.39 Å². The highest BCUT2D eigenvalue weighted by molar-refractivity contribution is 9.10. The minimum Gasteiger partial charge on any atom is -0.467 e. The summed E-state index contributed by atoms with van der Waals surface area (Å²) in [6, 6.07) is 7.50. The van der Waals surface area contributed by atoms with E-state index in [1.165, 1.54) is 18.4 Å².